The fourth-order valence-corrected chi connectivity index (χ4v) is 2.22. The second kappa shape index (κ2) is 8.61. The van der Waals surface area contributed by atoms with Gasteiger partial charge in [-0.25, -0.2) is 4.79 Å². The number of nitrogens with one attached hydrogen (secondary N) is 1. The maximum absolute atomic E-state index is 12.0. The van der Waals surface area contributed by atoms with Crippen LogP contribution in [0.1, 0.15) is 21.5 Å². The Bertz CT molecular complexity index is 834. The van der Waals surface area contributed by atoms with Crippen LogP contribution in [-0.4, -0.2) is 30.5 Å². The van der Waals surface area contributed by atoms with Crippen molar-refractivity contribution < 1.29 is 24.0 Å². The molecule has 0 saturated heterocycles. The molecule has 0 unspecified atom stereocenters. The zero-order chi connectivity index (χ0) is 19.1. The Balaban J connectivity index is 2.03. The van der Waals surface area contributed by atoms with Crippen LogP contribution in [0.4, 0.5) is 5.69 Å². The Morgan fingerprint density at radius 2 is 1.92 bits per heavy atom. The van der Waals surface area contributed by atoms with E-state index in [2.05, 4.69) is 10.1 Å². The second-order valence-corrected chi connectivity index (χ2v) is 5.42. The first-order valence-electron chi connectivity index (χ1n) is 7.73. The largest absolute Gasteiger partial charge is 0.477 e. The Kier molecular flexibility index (Phi) is 6.26. The molecule has 8 nitrogen and oxygen atoms in total. The molecule has 0 saturated carbocycles. The summed E-state index contributed by atoms with van der Waals surface area (Å²) >= 11 is 0. The molecule has 0 aliphatic heterocycles. The van der Waals surface area contributed by atoms with Crippen LogP contribution >= 0.6 is 0 Å². The molecule has 8 heteroatoms. The highest BCUT2D eigenvalue weighted by molar-refractivity contribution is 5.90. The summed E-state index contributed by atoms with van der Waals surface area (Å²) < 4.78 is 9.83. The van der Waals surface area contributed by atoms with E-state index < -0.39 is 23.4 Å². The number of nitrogens with zero attached hydrogens (tertiary/aromatic N) is 1. The summed E-state index contributed by atoms with van der Waals surface area (Å²) in [5.41, 5.74) is 1.74. The van der Waals surface area contributed by atoms with Gasteiger partial charge in [-0.05, 0) is 24.1 Å². The van der Waals surface area contributed by atoms with Crippen LogP contribution in [0.5, 0.6) is 5.75 Å². The molecule has 0 atom stereocenters. The first-order valence-corrected chi connectivity index (χ1v) is 7.73. The van der Waals surface area contributed by atoms with E-state index in [4.69, 9.17) is 4.74 Å². The highest BCUT2D eigenvalue weighted by Crippen LogP contribution is 2.28. The summed E-state index contributed by atoms with van der Waals surface area (Å²) in [4.78, 5) is 33.9. The number of nitro groups is 1. The van der Waals surface area contributed by atoms with Crippen molar-refractivity contribution in [3.05, 3.63) is 69.3 Å². The van der Waals surface area contributed by atoms with Crippen LogP contribution in [-0.2, 0) is 16.1 Å². The van der Waals surface area contributed by atoms with E-state index in [9.17, 15) is 19.7 Å². The molecule has 1 amide bonds. The van der Waals surface area contributed by atoms with Crippen molar-refractivity contribution >= 4 is 17.6 Å². The number of esters is 1. The fraction of sp³-hybridized carbons (Fsp3) is 0.222. The minimum atomic E-state index is -0.659. The average Bonchev–Trinajstić information content (AvgIpc) is 2.64. The Labute approximate surface area is 149 Å². The summed E-state index contributed by atoms with van der Waals surface area (Å²) in [6.07, 6.45) is 0. The first-order chi connectivity index (χ1) is 12.4. The molecule has 2 aromatic rings. The number of rotatable bonds is 7. The maximum atomic E-state index is 12.0. The third kappa shape index (κ3) is 4.79. The van der Waals surface area contributed by atoms with Gasteiger partial charge in [0.05, 0.1) is 17.6 Å². The van der Waals surface area contributed by atoms with Crippen molar-refractivity contribution in [3.8, 4) is 5.75 Å². The standard InChI is InChI=1S/C18H18N2O6/c1-12-5-3-4-6-14(12)10-19-17(21)11-26-16-9-13(18(22)25-2)7-8-15(16)20(23)24/h3-9H,10-11H2,1-2H3,(H,19,21). The van der Waals surface area contributed by atoms with Gasteiger partial charge in [0.15, 0.2) is 12.4 Å². The lowest BCUT2D eigenvalue weighted by atomic mass is 10.1. The lowest BCUT2D eigenvalue weighted by Gasteiger charge is -2.10. The number of aryl methyl sites for hydroxylation is 1. The van der Waals surface area contributed by atoms with Crippen molar-refractivity contribution in [3.63, 3.8) is 0 Å². The van der Waals surface area contributed by atoms with Gasteiger partial charge in [-0.1, -0.05) is 24.3 Å². The summed E-state index contributed by atoms with van der Waals surface area (Å²) in [5.74, 6) is -1.27. The zero-order valence-electron chi connectivity index (χ0n) is 14.4. The number of benzene rings is 2. The number of amides is 1. The van der Waals surface area contributed by atoms with E-state index in [1.807, 2.05) is 31.2 Å². The second-order valence-electron chi connectivity index (χ2n) is 5.42. The molecular weight excluding hydrogens is 340 g/mol. The summed E-state index contributed by atoms with van der Waals surface area (Å²) in [6.45, 7) is 1.83. The van der Waals surface area contributed by atoms with E-state index in [1.54, 1.807) is 0 Å². The molecule has 136 valence electrons. The van der Waals surface area contributed by atoms with E-state index >= 15 is 0 Å². The highest BCUT2D eigenvalue weighted by atomic mass is 16.6. The van der Waals surface area contributed by atoms with Gasteiger partial charge in [0.25, 0.3) is 5.91 Å². The lowest BCUT2D eigenvalue weighted by molar-refractivity contribution is -0.385. The van der Waals surface area contributed by atoms with Crippen molar-refractivity contribution in [1.82, 2.24) is 5.32 Å². The number of methoxy groups -OCH3 is 1. The molecular formula is C18H18N2O6. The van der Waals surface area contributed by atoms with E-state index in [0.717, 1.165) is 17.2 Å². The molecule has 0 aromatic heterocycles. The van der Waals surface area contributed by atoms with Crippen LogP contribution in [0.25, 0.3) is 0 Å². The van der Waals surface area contributed by atoms with Crippen LogP contribution in [0, 0.1) is 17.0 Å². The average molecular weight is 358 g/mol. The first kappa shape index (κ1) is 18.9. The van der Waals surface area contributed by atoms with E-state index in [0.29, 0.717) is 6.54 Å². The van der Waals surface area contributed by atoms with Crippen LogP contribution in [0.3, 0.4) is 0 Å². The predicted octanol–water partition coefficient (Wildman–Crippen LogP) is 2.39. The van der Waals surface area contributed by atoms with E-state index in [1.165, 1.54) is 19.2 Å². The minimum Gasteiger partial charge on any atom is -0.477 e. The molecule has 0 heterocycles. The van der Waals surface area contributed by atoms with Crippen molar-refractivity contribution in [2.45, 2.75) is 13.5 Å². The lowest BCUT2D eigenvalue weighted by Crippen LogP contribution is -2.28. The number of hydrogen-bond donors (Lipinski definition) is 1. The molecule has 2 aromatic carbocycles. The molecule has 0 fully saturated rings. The van der Waals surface area contributed by atoms with Gasteiger partial charge < -0.3 is 14.8 Å². The van der Waals surface area contributed by atoms with Crippen molar-refractivity contribution in [1.29, 1.82) is 0 Å². The molecule has 0 aliphatic carbocycles. The SMILES string of the molecule is COC(=O)c1ccc([N+](=O)[O-])c(OCC(=O)NCc2ccccc2C)c1. The van der Waals surface area contributed by atoms with Crippen LogP contribution < -0.4 is 10.1 Å². The van der Waals surface area contributed by atoms with Gasteiger partial charge in [-0.2, -0.15) is 0 Å². The van der Waals surface area contributed by atoms with Crippen LogP contribution in [0.15, 0.2) is 42.5 Å². The Hall–Kier alpha value is -3.42. The normalized spacial score (nSPS) is 10.1. The number of carbonyl (C=O) groups excluding carboxylic acids is 2. The highest BCUT2D eigenvalue weighted by Gasteiger charge is 2.19. The smallest absolute Gasteiger partial charge is 0.337 e. The van der Waals surface area contributed by atoms with Gasteiger partial charge >= 0.3 is 11.7 Å². The summed E-state index contributed by atoms with van der Waals surface area (Å²) in [5, 5.41) is 13.8. The molecule has 0 radical (unpaired) electrons. The van der Waals surface area contributed by atoms with Gasteiger partial charge in [-0.15, -0.1) is 0 Å². The van der Waals surface area contributed by atoms with Crippen molar-refractivity contribution in [2.24, 2.45) is 0 Å². The maximum Gasteiger partial charge on any atom is 0.337 e. The molecule has 0 spiro atoms. The number of ether oxygens (including phenoxy) is 2. The minimum absolute atomic E-state index is 0.0911. The molecule has 26 heavy (non-hydrogen) atoms. The Morgan fingerprint density at radius 1 is 1.19 bits per heavy atom. The zero-order valence-corrected chi connectivity index (χ0v) is 14.4. The Morgan fingerprint density at radius 3 is 2.58 bits per heavy atom. The third-order valence-corrected chi connectivity index (χ3v) is 3.67. The van der Waals surface area contributed by atoms with Gasteiger partial charge in [0.1, 0.15) is 0 Å². The fourth-order valence-electron chi connectivity index (χ4n) is 2.22. The quantitative estimate of drug-likeness (QED) is 0.462. The predicted molar refractivity (Wildman–Crippen MR) is 93.0 cm³/mol. The van der Waals surface area contributed by atoms with Gasteiger partial charge in [0, 0.05) is 18.7 Å². The molecule has 0 aliphatic rings. The molecule has 2 rings (SSSR count). The third-order valence-electron chi connectivity index (χ3n) is 3.67. The number of carbonyl (C=O) groups is 2. The summed E-state index contributed by atoms with van der Waals surface area (Å²) in [6, 6.07) is 11.2. The topological polar surface area (TPSA) is 108 Å². The molecule has 0 bridgehead atoms. The number of hydrogen-bond acceptors (Lipinski definition) is 6. The van der Waals surface area contributed by atoms with E-state index in [-0.39, 0.29) is 17.0 Å². The monoisotopic (exact) mass is 358 g/mol. The number of nitro benzene ring substituents is 1. The van der Waals surface area contributed by atoms with Crippen LogP contribution in [0.2, 0.25) is 0 Å². The molecule has 1 N–H and O–H groups in total. The van der Waals surface area contributed by atoms with Gasteiger partial charge in [-0.3, -0.25) is 14.9 Å². The van der Waals surface area contributed by atoms with Gasteiger partial charge in [0.2, 0.25) is 0 Å². The van der Waals surface area contributed by atoms with Crippen molar-refractivity contribution in [2.75, 3.05) is 13.7 Å². The summed E-state index contributed by atoms with van der Waals surface area (Å²) in [7, 11) is 1.20.